The topological polar surface area (TPSA) is 47.3 Å². The van der Waals surface area contributed by atoms with Gasteiger partial charge in [-0.1, -0.05) is 0 Å². The SMILES string of the molecule is CC1(C(NN)c2ccsc2)CCCO1. The Labute approximate surface area is 88.2 Å². The van der Waals surface area contributed by atoms with Gasteiger partial charge in [0, 0.05) is 6.61 Å². The third kappa shape index (κ3) is 1.70. The van der Waals surface area contributed by atoms with E-state index in [1.165, 1.54) is 5.56 Å². The third-order valence-electron chi connectivity index (χ3n) is 2.90. The Morgan fingerprint density at radius 2 is 2.57 bits per heavy atom. The minimum absolute atomic E-state index is 0.108. The van der Waals surface area contributed by atoms with Gasteiger partial charge in [0.15, 0.2) is 0 Å². The zero-order valence-electron chi connectivity index (χ0n) is 8.32. The minimum Gasteiger partial charge on any atom is -0.373 e. The molecule has 1 saturated heterocycles. The number of nitrogens with one attached hydrogen (secondary N) is 1. The van der Waals surface area contributed by atoms with E-state index in [4.69, 9.17) is 10.6 Å². The highest BCUT2D eigenvalue weighted by Crippen LogP contribution is 2.37. The largest absolute Gasteiger partial charge is 0.373 e. The maximum Gasteiger partial charge on any atom is 0.0862 e. The van der Waals surface area contributed by atoms with Gasteiger partial charge in [0.1, 0.15) is 0 Å². The molecule has 0 bridgehead atoms. The molecule has 1 fully saturated rings. The number of rotatable bonds is 3. The van der Waals surface area contributed by atoms with Crippen molar-refractivity contribution in [3.8, 4) is 0 Å². The molecule has 1 aliphatic heterocycles. The number of ether oxygens (including phenoxy) is 1. The lowest BCUT2D eigenvalue weighted by molar-refractivity contribution is -0.0124. The van der Waals surface area contributed by atoms with E-state index in [-0.39, 0.29) is 11.6 Å². The molecule has 2 atom stereocenters. The fourth-order valence-corrected chi connectivity index (χ4v) is 2.78. The fourth-order valence-electron chi connectivity index (χ4n) is 2.09. The van der Waals surface area contributed by atoms with Crippen LogP contribution in [-0.2, 0) is 4.74 Å². The van der Waals surface area contributed by atoms with Crippen LogP contribution in [-0.4, -0.2) is 12.2 Å². The quantitative estimate of drug-likeness (QED) is 0.593. The molecule has 2 unspecified atom stereocenters. The molecule has 2 rings (SSSR count). The molecule has 0 aliphatic carbocycles. The van der Waals surface area contributed by atoms with Crippen molar-refractivity contribution < 1.29 is 4.74 Å². The molecule has 2 heterocycles. The average Bonchev–Trinajstić information content (AvgIpc) is 2.78. The molecule has 1 aromatic heterocycles. The number of hydrogen-bond donors (Lipinski definition) is 2. The first-order chi connectivity index (χ1) is 6.76. The standard InChI is InChI=1S/C10H16N2OS/c1-10(4-2-5-13-10)9(12-11)8-3-6-14-7-8/h3,6-7,9,12H,2,4-5,11H2,1H3. The third-order valence-corrected chi connectivity index (χ3v) is 3.60. The molecule has 3 nitrogen and oxygen atoms in total. The lowest BCUT2D eigenvalue weighted by Crippen LogP contribution is -2.44. The highest BCUT2D eigenvalue weighted by molar-refractivity contribution is 7.07. The van der Waals surface area contributed by atoms with E-state index in [1.807, 2.05) is 0 Å². The fraction of sp³-hybridized carbons (Fsp3) is 0.600. The Morgan fingerprint density at radius 1 is 1.71 bits per heavy atom. The van der Waals surface area contributed by atoms with Crippen molar-refractivity contribution in [1.82, 2.24) is 5.43 Å². The second-order valence-electron chi connectivity index (χ2n) is 3.92. The van der Waals surface area contributed by atoms with Gasteiger partial charge >= 0.3 is 0 Å². The number of thiophene rings is 1. The normalized spacial score (nSPS) is 29.3. The van der Waals surface area contributed by atoms with Crippen LogP contribution in [0.2, 0.25) is 0 Å². The van der Waals surface area contributed by atoms with Gasteiger partial charge < -0.3 is 4.74 Å². The van der Waals surface area contributed by atoms with Crippen molar-refractivity contribution >= 4 is 11.3 Å². The lowest BCUT2D eigenvalue weighted by Gasteiger charge is -2.32. The average molecular weight is 212 g/mol. The van der Waals surface area contributed by atoms with Crippen molar-refractivity contribution in [1.29, 1.82) is 0 Å². The Morgan fingerprint density at radius 3 is 3.07 bits per heavy atom. The van der Waals surface area contributed by atoms with Crippen LogP contribution in [0.5, 0.6) is 0 Å². The Kier molecular flexibility index (Phi) is 2.88. The minimum atomic E-state index is -0.143. The van der Waals surface area contributed by atoms with E-state index in [9.17, 15) is 0 Å². The van der Waals surface area contributed by atoms with Crippen LogP contribution in [0.25, 0.3) is 0 Å². The molecule has 4 heteroatoms. The molecule has 0 saturated carbocycles. The second kappa shape index (κ2) is 3.98. The maximum atomic E-state index is 5.78. The van der Waals surface area contributed by atoms with Crippen molar-refractivity contribution in [3.63, 3.8) is 0 Å². The molecule has 14 heavy (non-hydrogen) atoms. The summed E-state index contributed by atoms with van der Waals surface area (Å²) in [4.78, 5) is 0. The highest BCUT2D eigenvalue weighted by atomic mass is 32.1. The molecule has 1 aromatic rings. The monoisotopic (exact) mass is 212 g/mol. The van der Waals surface area contributed by atoms with Crippen molar-refractivity contribution in [3.05, 3.63) is 22.4 Å². The van der Waals surface area contributed by atoms with Crippen LogP contribution in [0.15, 0.2) is 16.8 Å². The summed E-state index contributed by atoms with van der Waals surface area (Å²) in [7, 11) is 0. The van der Waals surface area contributed by atoms with E-state index < -0.39 is 0 Å². The molecular weight excluding hydrogens is 196 g/mol. The second-order valence-corrected chi connectivity index (χ2v) is 4.70. The van der Waals surface area contributed by atoms with Gasteiger partial charge in [-0.25, -0.2) is 0 Å². The molecule has 1 aliphatic rings. The van der Waals surface area contributed by atoms with Crippen LogP contribution in [0.1, 0.15) is 31.4 Å². The Bertz CT molecular complexity index is 280. The summed E-state index contributed by atoms with van der Waals surface area (Å²) < 4.78 is 5.78. The van der Waals surface area contributed by atoms with E-state index in [1.54, 1.807) is 11.3 Å². The van der Waals surface area contributed by atoms with Crippen LogP contribution in [0, 0.1) is 0 Å². The number of hydrogen-bond acceptors (Lipinski definition) is 4. The highest BCUT2D eigenvalue weighted by Gasteiger charge is 2.38. The predicted octanol–water partition coefficient (Wildman–Crippen LogP) is 1.82. The summed E-state index contributed by atoms with van der Waals surface area (Å²) in [6.07, 6.45) is 2.19. The number of nitrogens with two attached hydrogens (primary N) is 1. The molecule has 3 N–H and O–H groups in total. The molecule has 0 aromatic carbocycles. The van der Waals surface area contributed by atoms with E-state index >= 15 is 0 Å². The Hall–Kier alpha value is -0.420. The molecular formula is C10H16N2OS. The van der Waals surface area contributed by atoms with Crippen LogP contribution in [0.4, 0.5) is 0 Å². The smallest absolute Gasteiger partial charge is 0.0862 e. The van der Waals surface area contributed by atoms with Gasteiger partial charge in [-0.05, 0) is 42.2 Å². The maximum absolute atomic E-state index is 5.78. The van der Waals surface area contributed by atoms with Gasteiger partial charge in [0.05, 0.1) is 11.6 Å². The zero-order chi connectivity index (χ0) is 10.0. The van der Waals surface area contributed by atoms with Crippen molar-refractivity contribution in [2.45, 2.75) is 31.4 Å². The first-order valence-electron chi connectivity index (χ1n) is 4.88. The summed E-state index contributed by atoms with van der Waals surface area (Å²) in [5.74, 6) is 5.60. The zero-order valence-corrected chi connectivity index (χ0v) is 9.14. The first kappa shape index (κ1) is 10.1. The van der Waals surface area contributed by atoms with Gasteiger partial charge in [0.25, 0.3) is 0 Å². The lowest BCUT2D eigenvalue weighted by atomic mass is 9.90. The van der Waals surface area contributed by atoms with Crippen LogP contribution < -0.4 is 11.3 Å². The summed E-state index contributed by atoms with van der Waals surface area (Å²) in [6, 6.07) is 2.21. The first-order valence-corrected chi connectivity index (χ1v) is 5.83. The van der Waals surface area contributed by atoms with Crippen molar-refractivity contribution in [2.75, 3.05) is 6.61 Å². The van der Waals surface area contributed by atoms with Crippen LogP contribution in [0.3, 0.4) is 0 Å². The van der Waals surface area contributed by atoms with Gasteiger partial charge in [0.2, 0.25) is 0 Å². The molecule has 0 spiro atoms. The Balaban J connectivity index is 2.20. The van der Waals surface area contributed by atoms with Gasteiger partial charge in [-0.3, -0.25) is 11.3 Å². The van der Waals surface area contributed by atoms with Gasteiger partial charge in [-0.15, -0.1) is 0 Å². The molecule has 78 valence electrons. The summed E-state index contributed by atoms with van der Waals surface area (Å²) in [6.45, 7) is 2.97. The van der Waals surface area contributed by atoms with E-state index in [0.29, 0.717) is 0 Å². The summed E-state index contributed by atoms with van der Waals surface area (Å²) in [5, 5.41) is 4.19. The van der Waals surface area contributed by atoms with Crippen molar-refractivity contribution in [2.24, 2.45) is 5.84 Å². The summed E-state index contributed by atoms with van der Waals surface area (Å²) >= 11 is 1.69. The predicted molar refractivity (Wildman–Crippen MR) is 58.0 cm³/mol. The molecule has 0 amide bonds. The van der Waals surface area contributed by atoms with Crippen LogP contribution >= 0.6 is 11.3 Å². The summed E-state index contributed by atoms with van der Waals surface area (Å²) in [5.41, 5.74) is 3.95. The van der Waals surface area contributed by atoms with E-state index in [2.05, 4.69) is 29.2 Å². The molecule has 0 radical (unpaired) electrons. The van der Waals surface area contributed by atoms with Gasteiger partial charge in [-0.2, -0.15) is 11.3 Å². The van der Waals surface area contributed by atoms with E-state index in [0.717, 1.165) is 19.4 Å². The number of hydrazine groups is 1.